The molecule has 0 aliphatic rings. The summed E-state index contributed by atoms with van der Waals surface area (Å²) in [5.74, 6) is 0.743. The van der Waals surface area contributed by atoms with Crippen LogP contribution in [0.1, 0.15) is 41.2 Å². The van der Waals surface area contributed by atoms with E-state index in [9.17, 15) is 9.59 Å². The Balaban J connectivity index is 1.86. The number of carbonyl (C=O) groups is 2. The van der Waals surface area contributed by atoms with Gasteiger partial charge in [-0.25, -0.2) is 0 Å². The fraction of sp³-hybridized carbons (Fsp3) is 0.333. The van der Waals surface area contributed by atoms with Gasteiger partial charge in [0.05, 0.1) is 15.8 Å². The van der Waals surface area contributed by atoms with Gasteiger partial charge < -0.3 is 10.2 Å². The van der Waals surface area contributed by atoms with Crippen LogP contribution < -0.4 is 5.32 Å². The van der Waals surface area contributed by atoms with Gasteiger partial charge >= 0.3 is 0 Å². The van der Waals surface area contributed by atoms with Crippen molar-refractivity contribution in [3.8, 4) is 0 Å². The molecule has 0 spiro atoms. The van der Waals surface area contributed by atoms with Gasteiger partial charge in [0.25, 0.3) is 0 Å². The van der Waals surface area contributed by atoms with E-state index in [1.807, 2.05) is 43.3 Å². The van der Waals surface area contributed by atoms with Crippen LogP contribution in [0.5, 0.6) is 0 Å². The second-order valence-corrected chi connectivity index (χ2v) is 11.1. The van der Waals surface area contributed by atoms with E-state index in [-0.39, 0.29) is 24.1 Å². The number of carbonyl (C=O) groups excluding carboxylic acids is 2. The monoisotopic (exact) mass is 556 g/mol. The molecular weight excluding hydrogens is 523 g/mol. The number of nitrogens with one attached hydrogen (secondary N) is 1. The van der Waals surface area contributed by atoms with Crippen LogP contribution in [-0.2, 0) is 28.3 Å². The summed E-state index contributed by atoms with van der Waals surface area (Å²) in [4.78, 5) is 28.8. The van der Waals surface area contributed by atoms with E-state index in [0.29, 0.717) is 23.0 Å². The molecule has 0 bridgehead atoms. The zero-order valence-electron chi connectivity index (χ0n) is 21.6. The van der Waals surface area contributed by atoms with E-state index in [1.54, 1.807) is 28.8 Å². The Morgan fingerprint density at radius 3 is 2.24 bits per heavy atom. The summed E-state index contributed by atoms with van der Waals surface area (Å²) in [5.41, 5.74) is 5.42. The third-order valence-electron chi connectivity index (χ3n) is 5.93. The van der Waals surface area contributed by atoms with Crippen molar-refractivity contribution in [3.05, 3.63) is 105 Å². The summed E-state index contributed by atoms with van der Waals surface area (Å²) in [6, 6.07) is 20.9. The molecule has 0 fully saturated rings. The van der Waals surface area contributed by atoms with Crippen molar-refractivity contribution in [2.45, 2.75) is 52.0 Å². The van der Waals surface area contributed by atoms with Gasteiger partial charge in [-0.3, -0.25) is 9.59 Å². The number of rotatable bonds is 12. The molecule has 1 atom stereocenters. The van der Waals surface area contributed by atoms with Crippen molar-refractivity contribution in [3.63, 3.8) is 0 Å². The molecule has 2 amide bonds. The fourth-order valence-corrected chi connectivity index (χ4v) is 5.41. The summed E-state index contributed by atoms with van der Waals surface area (Å²) < 4.78 is 0. The molecule has 4 nitrogen and oxygen atoms in total. The second-order valence-electron chi connectivity index (χ2n) is 9.26. The van der Waals surface area contributed by atoms with Crippen molar-refractivity contribution in [2.75, 3.05) is 12.3 Å². The maximum Gasteiger partial charge on any atom is 0.243 e. The molecule has 196 valence electrons. The van der Waals surface area contributed by atoms with Crippen molar-refractivity contribution >= 4 is 46.8 Å². The minimum absolute atomic E-state index is 0.0898. The molecule has 0 radical (unpaired) electrons. The number of nitrogens with zero attached hydrogens (tertiary/aromatic N) is 1. The smallest absolute Gasteiger partial charge is 0.243 e. The van der Waals surface area contributed by atoms with Gasteiger partial charge in [0.1, 0.15) is 6.04 Å². The fourth-order valence-electron chi connectivity index (χ4n) is 4.25. The molecule has 0 aliphatic heterocycles. The second kappa shape index (κ2) is 14.5. The summed E-state index contributed by atoms with van der Waals surface area (Å²) >= 11 is 14.0. The molecule has 1 N–H and O–H groups in total. The Bertz CT molecular complexity index is 1180. The van der Waals surface area contributed by atoms with Gasteiger partial charge in [-0.1, -0.05) is 95.8 Å². The van der Waals surface area contributed by atoms with E-state index in [2.05, 4.69) is 37.4 Å². The number of aryl methyl sites for hydroxylation is 2. The van der Waals surface area contributed by atoms with Crippen LogP contribution >= 0.6 is 35.0 Å². The normalized spacial score (nSPS) is 11.7. The van der Waals surface area contributed by atoms with Crippen LogP contribution in [-0.4, -0.2) is 35.1 Å². The first kappa shape index (κ1) is 29.1. The van der Waals surface area contributed by atoms with Crippen molar-refractivity contribution in [1.82, 2.24) is 10.2 Å². The zero-order chi connectivity index (χ0) is 26.8. The van der Waals surface area contributed by atoms with Crippen LogP contribution in [0.2, 0.25) is 10.0 Å². The van der Waals surface area contributed by atoms with Gasteiger partial charge in [-0.05, 0) is 49.1 Å². The van der Waals surface area contributed by atoms with Gasteiger partial charge in [-0.2, -0.15) is 0 Å². The molecule has 7 heteroatoms. The summed E-state index contributed by atoms with van der Waals surface area (Å²) in [7, 11) is 0. The molecule has 0 saturated carbocycles. The molecule has 3 rings (SSSR count). The number of halogens is 2. The van der Waals surface area contributed by atoms with E-state index < -0.39 is 6.04 Å². The lowest BCUT2D eigenvalue weighted by molar-refractivity contribution is -0.139. The quantitative estimate of drug-likeness (QED) is 0.261. The molecule has 37 heavy (non-hydrogen) atoms. The number of thioether (sulfide) groups is 1. The molecule has 0 aliphatic carbocycles. The predicted molar refractivity (Wildman–Crippen MR) is 156 cm³/mol. The maximum absolute atomic E-state index is 13.7. The average molecular weight is 558 g/mol. The largest absolute Gasteiger partial charge is 0.354 e. The summed E-state index contributed by atoms with van der Waals surface area (Å²) in [6.07, 6.45) is 1.24. The third-order valence-corrected chi connectivity index (χ3v) is 7.66. The molecular formula is C30H34Cl2N2O2S. The van der Waals surface area contributed by atoms with Crippen LogP contribution in [0.25, 0.3) is 0 Å². The average Bonchev–Trinajstić information content (AvgIpc) is 2.86. The first-order valence-corrected chi connectivity index (χ1v) is 14.4. The van der Waals surface area contributed by atoms with Crippen LogP contribution in [0, 0.1) is 13.8 Å². The SMILES string of the molecule is CCCNC(=O)C(Cc1ccccc1)N(Cc1ccc(Cl)c(Cl)c1)C(=O)CSCc1cc(C)cc(C)c1. The predicted octanol–water partition coefficient (Wildman–Crippen LogP) is 7.01. The van der Waals surface area contributed by atoms with Crippen molar-refractivity contribution < 1.29 is 9.59 Å². The standard InChI is InChI=1S/C30H34Cl2N2O2S/c1-4-12-33-30(36)28(17-23-8-6-5-7-9-23)34(18-24-10-11-26(31)27(32)16-24)29(35)20-37-19-25-14-21(2)13-22(3)15-25/h5-11,13-16,28H,4,12,17-20H2,1-3H3,(H,33,36). The first-order chi connectivity index (χ1) is 17.8. The first-order valence-electron chi connectivity index (χ1n) is 12.5. The zero-order valence-corrected chi connectivity index (χ0v) is 23.9. The van der Waals surface area contributed by atoms with E-state index in [0.717, 1.165) is 23.3 Å². The van der Waals surface area contributed by atoms with Crippen LogP contribution in [0.4, 0.5) is 0 Å². The van der Waals surface area contributed by atoms with Gasteiger partial charge in [-0.15, -0.1) is 11.8 Å². The van der Waals surface area contributed by atoms with Crippen molar-refractivity contribution in [1.29, 1.82) is 0 Å². The maximum atomic E-state index is 13.7. The highest BCUT2D eigenvalue weighted by Gasteiger charge is 2.30. The van der Waals surface area contributed by atoms with Gasteiger partial charge in [0.15, 0.2) is 0 Å². The Morgan fingerprint density at radius 1 is 0.892 bits per heavy atom. The lowest BCUT2D eigenvalue weighted by Crippen LogP contribution is -2.51. The molecule has 1 unspecified atom stereocenters. The minimum Gasteiger partial charge on any atom is -0.354 e. The lowest BCUT2D eigenvalue weighted by Gasteiger charge is -2.31. The van der Waals surface area contributed by atoms with Crippen LogP contribution in [0.15, 0.2) is 66.7 Å². The highest BCUT2D eigenvalue weighted by atomic mass is 35.5. The van der Waals surface area contributed by atoms with Crippen molar-refractivity contribution in [2.24, 2.45) is 0 Å². The lowest BCUT2D eigenvalue weighted by atomic mass is 10.0. The van der Waals surface area contributed by atoms with E-state index >= 15 is 0 Å². The minimum atomic E-state index is -0.655. The van der Waals surface area contributed by atoms with E-state index in [1.165, 1.54) is 16.7 Å². The summed E-state index contributed by atoms with van der Waals surface area (Å²) in [5, 5.41) is 3.88. The Morgan fingerprint density at radius 2 is 1.59 bits per heavy atom. The van der Waals surface area contributed by atoms with Gasteiger partial charge in [0.2, 0.25) is 11.8 Å². The highest BCUT2D eigenvalue weighted by Crippen LogP contribution is 2.25. The summed E-state index contributed by atoms with van der Waals surface area (Å²) in [6.45, 7) is 6.98. The molecule has 3 aromatic rings. The third kappa shape index (κ3) is 9.10. The Labute approximate surface area is 234 Å². The number of hydrogen-bond donors (Lipinski definition) is 1. The number of benzene rings is 3. The molecule has 0 saturated heterocycles. The molecule has 0 heterocycles. The highest BCUT2D eigenvalue weighted by molar-refractivity contribution is 7.99. The van der Waals surface area contributed by atoms with E-state index in [4.69, 9.17) is 23.2 Å². The van der Waals surface area contributed by atoms with Gasteiger partial charge in [0, 0.05) is 25.3 Å². The molecule has 0 aromatic heterocycles. The number of hydrogen-bond acceptors (Lipinski definition) is 3. The van der Waals surface area contributed by atoms with Crippen LogP contribution in [0.3, 0.4) is 0 Å². The number of amides is 2. The Kier molecular flexibility index (Phi) is 11.4. The topological polar surface area (TPSA) is 49.4 Å². The Hall–Kier alpha value is -2.47. The molecule has 3 aromatic carbocycles.